The molecule has 0 aromatic heterocycles. The van der Waals surface area contributed by atoms with E-state index < -0.39 is 0 Å². The predicted molar refractivity (Wildman–Crippen MR) is 52.4 cm³/mol. The van der Waals surface area contributed by atoms with E-state index >= 15 is 0 Å². The van der Waals surface area contributed by atoms with Gasteiger partial charge < -0.3 is 4.74 Å². The fourth-order valence-electron chi connectivity index (χ4n) is 1.91. The summed E-state index contributed by atoms with van der Waals surface area (Å²) in [5.41, 5.74) is 0. The van der Waals surface area contributed by atoms with E-state index in [2.05, 4.69) is 17.1 Å². The normalized spacial score (nSPS) is 33.5. The zero-order valence-electron chi connectivity index (χ0n) is 7.42. The van der Waals surface area contributed by atoms with Crippen molar-refractivity contribution in [3.8, 4) is 0 Å². The molecule has 12 heavy (non-hydrogen) atoms. The summed E-state index contributed by atoms with van der Waals surface area (Å²) in [6.45, 7) is 2.11. The molecule has 2 saturated heterocycles. The lowest BCUT2D eigenvalue weighted by molar-refractivity contribution is -0.0378. The molecule has 0 amide bonds. The lowest BCUT2D eigenvalue weighted by atomic mass is 10.00. The van der Waals surface area contributed by atoms with Gasteiger partial charge in [-0.25, -0.2) is 0 Å². The Hall–Kier alpha value is 0.270. The van der Waals surface area contributed by atoms with Crippen molar-refractivity contribution in [2.24, 2.45) is 5.92 Å². The molecule has 0 radical (unpaired) electrons. The molecule has 3 heteroatoms. The van der Waals surface area contributed by atoms with Crippen molar-refractivity contribution in [1.29, 1.82) is 0 Å². The van der Waals surface area contributed by atoms with Crippen molar-refractivity contribution < 1.29 is 4.74 Å². The Balaban J connectivity index is 1.80. The fourth-order valence-corrected chi connectivity index (χ4v) is 3.05. The Morgan fingerprint density at radius 2 is 2.08 bits per heavy atom. The number of nitrogens with one attached hydrogen (secondary N) is 1. The third-order valence-corrected chi connectivity index (χ3v) is 3.71. The molecule has 2 nitrogen and oxygen atoms in total. The van der Waals surface area contributed by atoms with Crippen molar-refractivity contribution >= 4 is 11.8 Å². The summed E-state index contributed by atoms with van der Waals surface area (Å²) in [5.74, 6) is 3.44. The average Bonchev–Trinajstić information content (AvgIpc) is 2.21. The van der Waals surface area contributed by atoms with Gasteiger partial charge in [0.25, 0.3) is 0 Å². The highest BCUT2D eigenvalue weighted by molar-refractivity contribution is 7.99. The monoisotopic (exact) mass is 187 g/mol. The van der Waals surface area contributed by atoms with E-state index in [0.717, 1.165) is 19.1 Å². The third kappa shape index (κ3) is 2.15. The second-order valence-corrected chi connectivity index (χ2v) is 4.77. The van der Waals surface area contributed by atoms with Crippen molar-refractivity contribution in [2.45, 2.75) is 25.5 Å². The molecule has 2 fully saturated rings. The zero-order chi connectivity index (χ0) is 8.23. The topological polar surface area (TPSA) is 21.3 Å². The minimum absolute atomic E-state index is 0.375. The SMILES string of the molecule is C1CNC(C2CCSCC2)OC1. The van der Waals surface area contributed by atoms with Crippen LogP contribution < -0.4 is 5.32 Å². The summed E-state index contributed by atoms with van der Waals surface area (Å²) in [6.07, 6.45) is 4.22. The maximum atomic E-state index is 5.70. The summed E-state index contributed by atoms with van der Waals surface area (Å²) in [5, 5.41) is 3.46. The van der Waals surface area contributed by atoms with Gasteiger partial charge in [-0.3, -0.25) is 5.32 Å². The highest BCUT2D eigenvalue weighted by Gasteiger charge is 2.25. The Bertz CT molecular complexity index is 114. The van der Waals surface area contributed by atoms with Crippen LogP contribution in [0.2, 0.25) is 0 Å². The maximum Gasteiger partial charge on any atom is 0.111 e. The van der Waals surface area contributed by atoms with Crippen LogP contribution in [0.3, 0.4) is 0 Å². The van der Waals surface area contributed by atoms with Crippen LogP contribution in [0.4, 0.5) is 0 Å². The predicted octanol–water partition coefficient (Wildman–Crippen LogP) is 1.47. The first-order valence-corrected chi connectivity index (χ1v) is 6.05. The molecule has 2 heterocycles. The molecule has 2 rings (SSSR count). The van der Waals surface area contributed by atoms with Gasteiger partial charge in [0, 0.05) is 12.5 Å². The molecule has 0 bridgehead atoms. The first-order valence-electron chi connectivity index (χ1n) is 4.89. The molecule has 2 aliphatic heterocycles. The second-order valence-electron chi connectivity index (χ2n) is 3.55. The van der Waals surface area contributed by atoms with Gasteiger partial charge in [0.2, 0.25) is 0 Å². The van der Waals surface area contributed by atoms with Crippen molar-refractivity contribution in [3.05, 3.63) is 0 Å². The minimum atomic E-state index is 0.375. The van der Waals surface area contributed by atoms with Crippen LogP contribution in [-0.4, -0.2) is 30.9 Å². The zero-order valence-corrected chi connectivity index (χ0v) is 8.24. The smallest absolute Gasteiger partial charge is 0.111 e. The molecular weight excluding hydrogens is 170 g/mol. The van der Waals surface area contributed by atoms with Crippen molar-refractivity contribution in [3.63, 3.8) is 0 Å². The van der Waals surface area contributed by atoms with Crippen LogP contribution in [0.25, 0.3) is 0 Å². The van der Waals surface area contributed by atoms with Crippen LogP contribution in [0, 0.1) is 5.92 Å². The number of ether oxygens (including phenoxy) is 1. The quantitative estimate of drug-likeness (QED) is 0.671. The number of rotatable bonds is 1. The molecule has 1 N–H and O–H groups in total. The molecule has 0 aliphatic carbocycles. The van der Waals surface area contributed by atoms with Gasteiger partial charge in [-0.15, -0.1) is 0 Å². The third-order valence-electron chi connectivity index (χ3n) is 2.66. The summed E-state index contributed by atoms with van der Waals surface area (Å²) in [4.78, 5) is 0. The Morgan fingerprint density at radius 1 is 1.25 bits per heavy atom. The van der Waals surface area contributed by atoms with Crippen LogP contribution >= 0.6 is 11.8 Å². The second kappa shape index (κ2) is 4.49. The van der Waals surface area contributed by atoms with Gasteiger partial charge in [0.05, 0.1) is 0 Å². The maximum absolute atomic E-state index is 5.70. The van der Waals surface area contributed by atoms with Gasteiger partial charge in [-0.2, -0.15) is 11.8 Å². The van der Waals surface area contributed by atoms with E-state index in [4.69, 9.17) is 4.74 Å². The van der Waals surface area contributed by atoms with Crippen LogP contribution in [-0.2, 0) is 4.74 Å². The van der Waals surface area contributed by atoms with Crippen molar-refractivity contribution in [2.75, 3.05) is 24.7 Å². The lowest BCUT2D eigenvalue weighted by Crippen LogP contribution is -2.44. The van der Waals surface area contributed by atoms with Crippen LogP contribution in [0.15, 0.2) is 0 Å². The van der Waals surface area contributed by atoms with E-state index in [0.29, 0.717) is 6.23 Å². The average molecular weight is 187 g/mol. The van der Waals surface area contributed by atoms with E-state index in [9.17, 15) is 0 Å². The highest BCUT2D eigenvalue weighted by atomic mass is 32.2. The highest BCUT2D eigenvalue weighted by Crippen LogP contribution is 2.26. The largest absolute Gasteiger partial charge is 0.363 e. The molecule has 1 atom stereocenters. The molecular formula is C9H17NOS. The minimum Gasteiger partial charge on any atom is -0.363 e. The van der Waals surface area contributed by atoms with Crippen molar-refractivity contribution in [1.82, 2.24) is 5.32 Å². The number of thioether (sulfide) groups is 1. The standard InChI is InChI=1S/C9H17NOS/c1-4-10-9(11-5-1)8-2-6-12-7-3-8/h8-10H,1-7H2. The molecule has 0 aromatic carbocycles. The van der Waals surface area contributed by atoms with Crippen LogP contribution in [0.5, 0.6) is 0 Å². The molecule has 70 valence electrons. The summed E-state index contributed by atoms with van der Waals surface area (Å²) < 4.78 is 5.70. The first-order chi connectivity index (χ1) is 5.97. The fraction of sp³-hybridized carbons (Fsp3) is 1.00. The summed E-state index contributed by atoms with van der Waals surface area (Å²) in [7, 11) is 0. The van der Waals surface area contributed by atoms with E-state index in [-0.39, 0.29) is 0 Å². The van der Waals surface area contributed by atoms with E-state index in [1.54, 1.807) is 0 Å². The summed E-state index contributed by atoms with van der Waals surface area (Å²) in [6, 6.07) is 0. The van der Waals surface area contributed by atoms with Gasteiger partial charge in [0.15, 0.2) is 0 Å². The van der Waals surface area contributed by atoms with Crippen LogP contribution in [0.1, 0.15) is 19.3 Å². The van der Waals surface area contributed by atoms with Gasteiger partial charge >= 0.3 is 0 Å². The molecule has 2 aliphatic rings. The number of hydrogen-bond acceptors (Lipinski definition) is 3. The molecule has 0 spiro atoms. The lowest BCUT2D eigenvalue weighted by Gasteiger charge is -2.33. The first kappa shape index (κ1) is 8.85. The Kier molecular flexibility index (Phi) is 3.31. The van der Waals surface area contributed by atoms with E-state index in [1.807, 2.05) is 0 Å². The van der Waals surface area contributed by atoms with E-state index in [1.165, 1.54) is 30.8 Å². The molecule has 1 unspecified atom stereocenters. The van der Waals surface area contributed by atoms with Gasteiger partial charge in [0.1, 0.15) is 6.23 Å². The summed E-state index contributed by atoms with van der Waals surface area (Å²) >= 11 is 2.08. The Morgan fingerprint density at radius 3 is 2.75 bits per heavy atom. The Labute approximate surface area is 78.4 Å². The van der Waals surface area contributed by atoms with Gasteiger partial charge in [-0.1, -0.05) is 0 Å². The molecule has 0 saturated carbocycles. The van der Waals surface area contributed by atoms with Gasteiger partial charge in [-0.05, 0) is 37.3 Å². The molecule has 0 aromatic rings. The number of hydrogen-bond donors (Lipinski definition) is 1.